The molecule has 4 heteroatoms. The van der Waals surface area contributed by atoms with Crippen LogP contribution in [0.25, 0.3) is 0 Å². The zero-order chi connectivity index (χ0) is 16.7. The van der Waals surface area contributed by atoms with E-state index in [2.05, 4.69) is 36.6 Å². The average molecular weight is 312 g/mol. The monoisotopic (exact) mass is 312 g/mol. The lowest BCUT2D eigenvalue weighted by Gasteiger charge is -2.12. The molecule has 2 aromatic rings. The molecule has 0 heterocycles. The molecule has 0 bridgehead atoms. The summed E-state index contributed by atoms with van der Waals surface area (Å²) < 4.78 is 5.11. The molecule has 2 aromatic carbocycles. The third kappa shape index (κ3) is 5.02. The number of ether oxygens (including phenoxy) is 1. The number of para-hydroxylation sites is 1. The number of amides is 1. The van der Waals surface area contributed by atoms with Crippen LogP contribution in [-0.4, -0.2) is 19.6 Å². The number of methoxy groups -OCH3 is 1. The average Bonchev–Trinajstić information content (AvgIpc) is 2.56. The van der Waals surface area contributed by atoms with Gasteiger partial charge in [0.25, 0.3) is 0 Å². The fourth-order valence-electron chi connectivity index (χ4n) is 2.43. The van der Waals surface area contributed by atoms with Crippen molar-refractivity contribution in [2.24, 2.45) is 0 Å². The van der Waals surface area contributed by atoms with Gasteiger partial charge in [-0.2, -0.15) is 0 Å². The number of carbonyl (C=O) groups is 1. The number of benzene rings is 2. The molecule has 0 aromatic heterocycles. The van der Waals surface area contributed by atoms with Gasteiger partial charge >= 0.3 is 0 Å². The van der Waals surface area contributed by atoms with Crippen LogP contribution < -0.4 is 15.4 Å². The fraction of sp³-hybridized carbons (Fsp3) is 0.316. The van der Waals surface area contributed by atoms with Crippen LogP contribution in [0.2, 0.25) is 0 Å². The van der Waals surface area contributed by atoms with Crippen LogP contribution in [0.15, 0.2) is 42.5 Å². The molecule has 0 fully saturated rings. The maximum atomic E-state index is 11.9. The Kier molecular flexibility index (Phi) is 6.03. The normalized spacial score (nSPS) is 10.2. The molecule has 0 spiro atoms. The van der Waals surface area contributed by atoms with Crippen molar-refractivity contribution in [2.75, 3.05) is 19.0 Å². The third-order valence-electron chi connectivity index (χ3n) is 3.78. The van der Waals surface area contributed by atoms with E-state index in [0.29, 0.717) is 19.5 Å². The Labute approximate surface area is 137 Å². The minimum Gasteiger partial charge on any atom is -0.497 e. The molecule has 2 rings (SSSR count). The van der Waals surface area contributed by atoms with Crippen LogP contribution >= 0.6 is 0 Å². The molecule has 1 amide bonds. The standard InChI is InChI=1S/C19H24N2O2/c1-14-5-4-6-15(2)19(14)20-12-11-18(22)21-13-16-7-9-17(23-3)10-8-16/h4-10,20H,11-13H2,1-3H3,(H,21,22). The van der Waals surface area contributed by atoms with Crippen molar-refractivity contribution in [3.63, 3.8) is 0 Å². The van der Waals surface area contributed by atoms with Gasteiger partial charge in [-0.1, -0.05) is 30.3 Å². The smallest absolute Gasteiger partial charge is 0.222 e. The lowest BCUT2D eigenvalue weighted by molar-refractivity contribution is -0.121. The molecule has 0 unspecified atom stereocenters. The molecule has 0 saturated heterocycles. The number of aryl methyl sites for hydroxylation is 2. The highest BCUT2D eigenvalue weighted by molar-refractivity contribution is 5.76. The van der Waals surface area contributed by atoms with Gasteiger partial charge in [0.2, 0.25) is 5.91 Å². The van der Waals surface area contributed by atoms with E-state index in [1.165, 1.54) is 11.1 Å². The Morgan fingerprint density at radius 1 is 1.04 bits per heavy atom. The molecule has 0 atom stereocenters. The fourth-order valence-corrected chi connectivity index (χ4v) is 2.43. The SMILES string of the molecule is COc1ccc(CNC(=O)CCNc2c(C)cccc2C)cc1. The summed E-state index contributed by atoms with van der Waals surface area (Å²) in [5.74, 6) is 0.859. The van der Waals surface area contributed by atoms with E-state index >= 15 is 0 Å². The Bertz CT molecular complexity index is 631. The van der Waals surface area contributed by atoms with Crippen LogP contribution in [0.1, 0.15) is 23.1 Å². The van der Waals surface area contributed by atoms with Crippen molar-refractivity contribution in [3.05, 3.63) is 59.2 Å². The van der Waals surface area contributed by atoms with Crippen molar-refractivity contribution in [1.82, 2.24) is 5.32 Å². The Morgan fingerprint density at radius 2 is 1.70 bits per heavy atom. The molecule has 0 saturated carbocycles. The first-order valence-corrected chi connectivity index (χ1v) is 7.80. The van der Waals surface area contributed by atoms with Gasteiger partial charge < -0.3 is 15.4 Å². The molecular weight excluding hydrogens is 288 g/mol. The van der Waals surface area contributed by atoms with Crippen molar-refractivity contribution >= 4 is 11.6 Å². The summed E-state index contributed by atoms with van der Waals surface area (Å²) in [6.45, 7) is 5.30. The zero-order valence-electron chi connectivity index (χ0n) is 14.0. The van der Waals surface area contributed by atoms with Gasteiger partial charge in [0, 0.05) is 25.2 Å². The van der Waals surface area contributed by atoms with Gasteiger partial charge in [0.15, 0.2) is 0 Å². The molecule has 4 nitrogen and oxygen atoms in total. The highest BCUT2D eigenvalue weighted by Gasteiger charge is 2.04. The largest absolute Gasteiger partial charge is 0.497 e. The minimum atomic E-state index is 0.0413. The second-order valence-corrected chi connectivity index (χ2v) is 5.57. The highest BCUT2D eigenvalue weighted by Crippen LogP contribution is 2.19. The molecule has 0 aliphatic rings. The number of hydrogen-bond donors (Lipinski definition) is 2. The topological polar surface area (TPSA) is 50.4 Å². The van der Waals surface area contributed by atoms with Crippen LogP contribution in [0.4, 0.5) is 5.69 Å². The predicted octanol–water partition coefficient (Wildman–Crippen LogP) is 3.43. The maximum absolute atomic E-state index is 11.9. The van der Waals surface area contributed by atoms with Gasteiger partial charge in [-0.05, 0) is 42.7 Å². The first kappa shape index (κ1) is 16.9. The molecular formula is C19H24N2O2. The van der Waals surface area contributed by atoms with Gasteiger partial charge in [-0.3, -0.25) is 4.79 Å². The third-order valence-corrected chi connectivity index (χ3v) is 3.78. The van der Waals surface area contributed by atoms with E-state index in [-0.39, 0.29) is 5.91 Å². The predicted molar refractivity (Wildman–Crippen MR) is 93.9 cm³/mol. The number of hydrogen-bond acceptors (Lipinski definition) is 3. The van der Waals surface area contributed by atoms with Gasteiger partial charge in [0.05, 0.1) is 7.11 Å². The molecule has 0 aliphatic carbocycles. The summed E-state index contributed by atoms with van der Waals surface area (Å²) in [5, 5.41) is 6.28. The summed E-state index contributed by atoms with van der Waals surface area (Å²) >= 11 is 0. The molecule has 23 heavy (non-hydrogen) atoms. The van der Waals surface area contributed by atoms with E-state index in [1.54, 1.807) is 7.11 Å². The van der Waals surface area contributed by atoms with Crippen molar-refractivity contribution in [1.29, 1.82) is 0 Å². The number of carbonyl (C=O) groups excluding carboxylic acids is 1. The van der Waals surface area contributed by atoms with E-state index in [0.717, 1.165) is 17.0 Å². The summed E-state index contributed by atoms with van der Waals surface area (Å²) in [6.07, 6.45) is 0.448. The Hall–Kier alpha value is -2.49. The Morgan fingerprint density at radius 3 is 2.30 bits per heavy atom. The van der Waals surface area contributed by atoms with Gasteiger partial charge in [0.1, 0.15) is 5.75 Å². The number of rotatable bonds is 7. The molecule has 122 valence electrons. The second-order valence-electron chi connectivity index (χ2n) is 5.57. The summed E-state index contributed by atoms with van der Waals surface area (Å²) in [4.78, 5) is 11.9. The second kappa shape index (κ2) is 8.22. The summed E-state index contributed by atoms with van der Waals surface area (Å²) in [7, 11) is 1.64. The maximum Gasteiger partial charge on any atom is 0.222 e. The van der Waals surface area contributed by atoms with Crippen molar-refractivity contribution in [3.8, 4) is 5.75 Å². The van der Waals surface area contributed by atoms with Crippen molar-refractivity contribution < 1.29 is 9.53 Å². The molecule has 0 aliphatic heterocycles. The molecule has 0 radical (unpaired) electrons. The minimum absolute atomic E-state index is 0.0413. The lowest BCUT2D eigenvalue weighted by atomic mass is 10.1. The van der Waals surface area contributed by atoms with E-state index in [1.807, 2.05) is 30.3 Å². The van der Waals surface area contributed by atoms with Gasteiger partial charge in [-0.25, -0.2) is 0 Å². The first-order chi connectivity index (χ1) is 11.1. The first-order valence-electron chi connectivity index (χ1n) is 7.80. The summed E-state index contributed by atoms with van der Waals surface area (Å²) in [6, 6.07) is 13.9. The van der Waals surface area contributed by atoms with Gasteiger partial charge in [-0.15, -0.1) is 0 Å². The van der Waals surface area contributed by atoms with Crippen LogP contribution in [0, 0.1) is 13.8 Å². The number of anilines is 1. The van der Waals surface area contributed by atoms with Crippen molar-refractivity contribution in [2.45, 2.75) is 26.8 Å². The van der Waals surface area contributed by atoms with E-state index < -0.39 is 0 Å². The van der Waals surface area contributed by atoms with E-state index in [4.69, 9.17) is 4.74 Å². The quantitative estimate of drug-likeness (QED) is 0.823. The highest BCUT2D eigenvalue weighted by atomic mass is 16.5. The van der Waals surface area contributed by atoms with E-state index in [9.17, 15) is 4.79 Å². The van der Waals surface area contributed by atoms with Crippen LogP contribution in [0.3, 0.4) is 0 Å². The Balaban J connectivity index is 1.74. The summed E-state index contributed by atoms with van der Waals surface area (Å²) in [5.41, 5.74) is 4.57. The number of nitrogens with one attached hydrogen (secondary N) is 2. The molecule has 2 N–H and O–H groups in total. The zero-order valence-corrected chi connectivity index (χ0v) is 14.0. The van der Waals surface area contributed by atoms with Crippen LogP contribution in [0.5, 0.6) is 5.75 Å². The van der Waals surface area contributed by atoms with Crippen LogP contribution in [-0.2, 0) is 11.3 Å². The lowest BCUT2D eigenvalue weighted by Crippen LogP contribution is -2.25.